The summed E-state index contributed by atoms with van der Waals surface area (Å²) in [6.45, 7) is -0.548. The van der Waals surface area contributed by atoms with Crippen LogP contribution in [0.5, 0.6) is 5.75 Å². The van der Waals surface area contributed by atoms with E-state index in [1.807, 2.05) is 6.07 Å². The third-order valence-corrected chi connectivity index (χ3v) is 4.90. The molecular weight excluding hydrogens is 452 g/mol. The van der Waals surface area contributed by atoms with Gasteiger partial charge in [0.1, 0.15) is 36.0 Å². The third kappa shape index (κ3) is 5.79. The Morgan fingerprint density at radius 2 is 1.97 bits per heavy atom. The first-order valence-electron chi connectivity index (χ1n) is 9.92. The number of halogens is 4. The van der Waals surface area contributed by atoms with Crippen molar-refractivity contribution in [2.24, 2.45) is 16.7 Å². The van der Waals surface area contributed by atoms with Crippen LogP contribution in [-0.2, 0) is 12.5 Å². The first-order chi connectivity index (χ1) is 16.2. The average molecular weight is 472 g/mol. The van der Waals surface area contributed by atoms with Crippen LogP contribution in [0.4, 0.5) is 17.6 Å². The van der Waals surface area contributed by atoms with Crippen molar-refractivity contribution in [1.29, 1.82) is 5.26 Å². The number of hydrogen-bond donors (Lipinski definition) is 2. The van der Waals surface area contributed by atoms with Gasteiger partial charge in [0.15, 0.2) is 0 Å². The molecule has 1 unspecified atom stereocenters. The Hall–Kier alpha value is -4.17. The number of pyridine rings is 1. The quantitative estimate of drug-likeness (QED) is 0.161. The molecule has 7 nitrogen and oxygen atoms in total. The maximum Gasteiger partial charge on any atom is 0.298 e. The molecule has 1 heterocycles. The molecule has 3 aromatic rings. The van der Waals surface area contributed by atoms with E-state index in [1.54, 1.807) is 24.3 Å². The lowest BCUT2D eigenvalue weighted by atomic mass is 9.89. The molecule has 0 amide bonds. The minimum Gasteiger partial charge on any atom is -0.487 e. The van der Waals surface area contributed by atoms with Gasteiger partial charge in [-0.1, -0.05) is 18.2 Å². The van der Waals surface area contributed by atoms with Gasteiger partial charge in [-0.15, -0.1) is 0 Å². The summed E-state index contributed by atoms with van der Waals surface area (Å²) in [6.07, 6.45) is 1.90. The lowest BCUT2D eigenvalue weighted by molar-refractivity contribution is -0.0489. The predicted octanol–water partition coefficient (Wildman–Crippen LogP) is 3.76. The lowest BCUT2D eigenvalue weighted by Gasteiger charge is -2.29. The molecule has 0 aliphatic carbocycles. The van der Waals surface area contributed by atoms with Crippen LogP contribution in [0, 0.1) is 23.0 Å². The number of ether oxygens (including phenoxy) is 1. The largest absolute Gasteiger partial charge is 0.487 e. The SMILES string of the molecule is N#Cc1cccc(COc2ccc(C(F)(F)C(CN(N)/N=C\N)c3ccc(F)cc3F)nc2)c1. The van der Waals surface area contributed by atoms with Gasteiger partial charge >= 0.3 is 0 Å². The zero-order valence-electron chi connectivity index (χ0n) is 17.7. The molecule has 176 valence electrons. The molecule has 2 aromatic carbocycles. The molecule has 0 spiro atoms. The zero-order chi connectivity index (χ0) is 24.7. The summed E-state index contributed by atoms with van der Waals surface area (Å²) in [5.41, 5.74) is 5.18. The maximum absolute atomic E-state index is 15.5. The number of nitrogens with zero attached hydrogens (tertiary/aromatic N) is 4. The fourth-order valence-corrected chi connectivity index (χ4v) is 3.25. The number of hydrazine groups is 1. The molecule has 0 bridgehead atoms. The van der Waals surface area contributed by atoms with E-state index in [1.165, 1.54) is 6.07 Å². The van der Waals surface area contributed by atoms with Gasteiger partial charge in [-0.2, -0.15) is 19.1 Å². The molecule has 4 N–H and O–H groups in total. The summed E-state index contributed by atoms with van der Waals surface area (Å²) >= 11 is 0. The number of nitriles is 1. The van der Waals surface area contributed by atoms with Crippen LogP contribution in [-0.4, -0.2) is 23.0 Å². The summed E-state index contributed by atoms with van der Waals surface area (Å²) in [5, 5.41) is 13.1. The van der Waals surface area contributed by atoms with E-state index in [2.05, 4.69) is 10.1 Å². The van der Waals surface area contributed by atoms with E-state index in [4.69, 9.17) is 21.6 Å². The van der Waals surface area contributed by atoms with Crippen molar-refractivity contribution in [1.82, 2.24) is 10.1 Å². The van der Waals surface area contributed by atoms with Crippen LogP contribution < -0.4 is 16.3 Å². The normalized spacial score (nSPS) is 12.4. The topological polar surface area (TPSA) is 114 Å². The van der Waals surface area contributed by atoms with Crippen LogP contribution >= 0.6 is 0 Å². The third-order valence-electron chi connectivity index (χ3n) is 4.90. The van der Waals surface area contributed by atoms with Gasteiger partial charge in [0.25, 0.3) is 5.92 Å². The second-order valence-corrected chi connectivity index (χ2v) is 7.21. The number of nitrogens with two attached hydrogens (primary N) is 2. The fourth-order valence-electron chi connectivity index (χ4n) is 3.25. The molecule has 0 saturated carbocycles. The van der Waals surface area contributed by atoms with Crippen molar-refractivity contribution < 1.29 is 22.3 Å². The molecule has 0 saturated heterocycles. The van der Waals surface area contributed by atoms with E-state index in [0.29, 0.717) is 22.3 Å². The van der Waals surface area contributed by atoms with Crippen LogP contribution in [0.3, 0.4) is 0 Å². The van der Waals surface area contributed by atoms with E-state index in [9.17, 15) is 8.78 Å². The Bertz CT molecular complexity index is 1200. The molecule has 0 aliphatic heterocycles. The smallest absolute Gasteiger partial charge is 0.298 e. The van der Waals surface area contributed by atoms with Crippen LogP contribution in [0.25, 0.3) is 0 Å². The van der Waals surface area contributed by atoms with Gasteiger partial charge in [-0.05, 0) is 41.5 Å². The van der Waals surface area contributed by atoms with Gasteiger partial charge in [0.2, 0.25) is 0 Å². The monoisotopic (exact) mass is 472 g/mol. The van der Waals surface area contributed by atoms with Gasteiger partial charge in [0.05, 0.1) is 30.3 Å². The van der Waals surface area contributed by atoms with Crippen molar-refractivity contribution in [3.05, 3.63) is 94.8 Å². The number of aromatic nitrogens is 1. The molecule has 1 atom stereocenters. The predicted molar refractivity (Wildman–Crippen MR) is 116 cm³/mol. The van der Waals surface area contributed by atoms with Gasteiger partial charge in [-0.25, -0.2) is 19.7 Å². The standard InChI is InChI=1S/C23H20F4N6O/c24-17-4-6-19(21(25)9-17)20(12-33(30)32-14-29)23(26,27)22-7-5-18(11-31-22)34-13-16-3-1-2-15(8-16)10-28/h1-9,11,14,20H,12-13,30H2,(H2,29,32). The summed E-state index contributed by atoms with van der Waals surface area (Å²) in [7, 11) is 0. The van der Waals surface area contributed by atoms with Crippen LogP contribution in [0.2, 0.25) is 0 Å². The van der Waals surface area contributed by atoms with E-state index in [-0.39, 0.29) is 12.4 Å². The number of hydrogen-bond acceptors (Lipinski definition) is 6. The van der Waals surface area contributed by atoms with Crippen molar-refractivity contribution in [3.63, 3.8) is 0 Å². The van der Waals surface area contributed by atoms with Gasteiger partial charge in [0, 0.05) is 6.07 Å². The summed E-state index contributed by atoms with van der Waals surface area (Å²) in [5.74, 6) is -1.87. The second-order valence-electron chi connectivity index (χ2n) is 7.21. The van der Waals surface area contributed by atoms with E-state index in [0.717, 1.165) is 30.7 Å². The highest BCUT2D eigenvalue weighted by Crippen LogP contribution is 2.43. The number of rotatable bonds is 9. The van der Waals surface area contributed by atoms with Crippen LogP contribution in [0.1, 0.15) is 28.3 Å². The first kappa shape index (κ1) is 24.5. The molecule has 0 fully saturated rings. The van der Waals surface area contributed by atoms with Crippen molar-refractivity contribution in [2.75, 3.05) is 6.54 Å². The first-order valence-corrected chi connectivity index (χ1v) is 9.92. The maximum atomic E-state index is 15.5. The Kier molecular flexibility index (Phi) is 7.65. The zero-order valence-corrected chi connectivity index (χ0v) is 17.7. The molecule has 11 heteroatoms. The van der Waals surface area contributed by atoms with Crippen LogP contribution in [0.15, 0.2) is 65.9 Å². The van der Waals surface area contributed by atoms with Gasteiger partial charge in [-0.3, -0.25) is 4.98 Å². The summed E-state index contributed by atoms with van der Waals surface area (Å²) in [6, 6.07) is 13.4. The van der Waals surface area contributed by atoms with Crippen molar-refractivity contribution in [2.45, 2.75) is 18.4 Å². The highest BCUT2D eigenvalue weighted by atomic mass is 19.3. The number of hydrazone groups is 1. The molecular formula is C23H20F4N6O. The van der Waals surface area contributed by atoms with Crippen molar-refractivity contribution in [3.8, 4) is 11.8 Å². The number of benzene rings is 2. The second kappa shape index (κ2) is 10.6. The lowest BCUT2D eigenvalue weighted by Crippen LogP contribution is -2.38. The summed E-state index contributed by atoms with van der Waals surface area (Å²) in [4.78, 5) is 3.80. The molecule has 34 heavy (non-hydrogen) atoms. The van der Waals surface area contributed by atoms with E-state index >= 15 is 8.78 Å². The summed E-state index contributed by atoms with van der Waals surface area (Å²) < 4.78 is 64.3. The average Bonchev–Trinajstić information content (AvgIpc) is 2.82. The highest BCUT2D eigenvalue weighted by Gasteiger charge is 2.45. The highest BCUT2D eigenvalue weighted by molar-refractivity contribution is 5.50. The van der Waals surface area contributed by atoms with E-state index < -0.39 is 41.3 Å². The Balaban J connectivity index is 1.84. The molecule has 0 aliphatic rings. The molecule has 3 rings (SSSR count). The number of alkyl halides is 2. The minimum absolute atomic E-state index is 0.0928. The van der Waals surface area contributed by atoms with Crippen molar-refractivity contribution >= 4 is 6.34 Å². The molecule has 1 aromatic heterocycles. The molecule has 0 radical (unpaired) electrons. The minimum atomic E-state index is -3.72. The van der Waals surface area contributed by atoms with Gasteiger partial charge < -0.3 is 10.5 Å². The Morgan fingerprint density at radius 3 is 2.62 bits per heavy atom. The Morgan fingerprint density at radius 1 is 1.18 bits per heavy atom. The Labute approximate surface area is 192 Å². The fraction of sp³-hybridized carbons (Fsp3) is 0.174.